The molecule has 0 bridgehead atoms. The van der Waals surface area contributed by atoms with E-state index in [-0.39, 0.29) is 5.91 Å². The van der Waals surface area contributed by atoms with Crippen LogP contribution in [0.2, 0.25) is 0 Å². The Morgan fingerprint density at radius 3 is 2.31 bits per heavy atom. The molecule has 3 aromatic carbocycles. The quantitative estimate of drug-likeness (QED) is 0.521. The van der Waals surface area contributed by atoms with Crippen LogP contribution in [0.3, 0.4) is 0 Å². The average Bonchev–Trinajstić information content (AvgIpc) is 3.06. The third-order valence-corrected chi connectivity index (χ3v) is 5.11. The number of carbonyl (C=O) groups is 1. The third kappa shape index (κ3) is 3.03. The second-order valence-corrected chi connectivity index (χ2v) is 6.85. The Labute approximate surface area is 154 Å². The summed E-state index contributed by atoms with van der Waals surface area (Å²) < 4.78 is 0. The van der Waals surface area contributed by atoms with E-state index in [0.29, 0.717) is 13.0 Å². The normalized spacial score (nSPS) is 11.7. The van der Waals surface area contributed by atoms with Gasteiger partial charge in [0.05, 0.1) is 0 Å². The Balaban J connectivity index is 1.71. The standard InChI is InChI=1S/C24H23NO/c1-2-8-24(26)25-16-18-10-4-6-12-20(18)22-14-7-13-21-19-11-5-3-9-17(19)15-23(21)22/h3-7,9-14H,2,8,15-16H2,1H3,(H,25,26). The number of carbonyl (C=O) groups excluding carboxylic acids is 1. The number of nitrogens with one attached hydrogen (secondary N) is 1. The van der Waals surface area contributed by atoms with Gasteiger partial charge in [0.2, 0.25) is 5.91 Å². The van der Waals surface area contributed by atoms with Gasteiger partial charge in [-0.15, -0.1) is 0 Å². The summed E-state index contributed by atoms with van der Waals surface area (Å²) in [5.41, 5.74) is 9.13. The summed E-state index contributed by atoms with van der Waals surface area (Å²) in [4.78, 5) is 11.9. The van der Waals surface area contributed by atoms with Gasteiger partial charge in [0, 0.05) is 13.0 Å². The molecule has 0 saturated carbocycles. The molecule has 1 N–H and O–H groups in total. The molecule has 1 aliphatic carbocycles. The number of hydrogen-bond donors (Lipinski definition) is 1. The van der Waals surface area contributed by atoms with E-state index < -0.39 is 0 Å². The number of rotatable bonds is 5. The molecule has 2 nitrogen and oxygen atoms in total. The Kier molecular flexibility index (Phi) is 4.57. The van der Waals surface area contributed by atoms with Gasteiger partial charge in [0.15, 0.2) is 0 Å². The maximum atomic E-state index is 11.9. The fourth-order valence-corrected chi connectivity index (χ4v) is 3.86. The molecule has 2 heteroatoms. The summed E-state index contributed by atoms with van der Waals surface area (Å²) in [6, 6.07) is 23.6. The van der Waals surface area contributed by atoms with Gasteiger partial charge in [-0.25, -0.2) is 0 Å². The second-order valence-electron chi connectivity index (χ2n) is 6.85. The van der Waals surface area contributed by atoms with Gasteiger partial charge < -0.3 is 5.32 Å². The van der Waals surface area contributed by atoms with E-state index in [1.165, 1.54) is 38.9 Å². The van der Waals surface area contributed by atoms with Gasteiger partial charge in [-0.3, -0.25) is 4.79 Å². The molecule has 4 rings (SSSR count). The van der Waals surface area contributed by atoms with Gasteiger partial charge >= 0.3 is 0 Å². The maximum absolute atomic E-state index is 11.9. The summed E-state index contributed by atoms with van der Waals surface area (Å²) in [6.07, 6.45) is 2.42. The minimum atomic E-state index is 0.119. The van der Waals surface area contributed by atoms with Crippen LogP contribution in [-0.4, -0.2) is 5.91 Å². The third-order valence-electron chi connectivity index (χ3n) is 5.11. The van der Waals surface area contributed by atoms with E-state index in [1.54, 1.807) is 0 Å². The van der Waals surface area contributed by atoms with Crippen LogP contribution in [0.5, 0.6) is 0 Å². The lowest BCUT2D eigenvalue weighted by Crippen LogP contribution is -2.22. The zero-order valence-electron chi connectivity index (χ0n) is 15.1. The minimum Gasteiger partial charge on any atom is -0.352 e. The van der Waals surface area contributed by atoms with Crippen molar-refractivity contribution >= 4 is 5.91 Å². The number of fused-ring (bicyclic) bond motifs is 3. The van der Waals surface area contributed by atoms with Crippen LogP contribution in [0.1, 0.15) is 36.5 Å². The molecule has 0 heterocycles. The molecule has 0 spiro atoms. The van der Waals surface area contributed by atoms with Crippen LogP contribution in [0.25, 0.3) is 22.3 Å². The summed E-state index contributed by atoms with van der Waals surface area (Å²) in [5.74, 6) is 0.119. The molecule has 0 aromatic heterocycles. The highest BCUT2D eigenvalue weighted by Crippen LogP contribution is 2.42. The number of hydrogen-bond acceptors (Lipinski definition) is 1. The molecule has 3 aromatic rings. The molecule has 1 aliphatic rings. The molecule has 0 radical (unpaired) electrons. The van der Waals surface area contributed by atoms with Crippen molar-refractivity contribution in [3.8, 4) is 22.3 Å². The molecule has 0 atom stereocenters. The number of benzene rings is 3. The van der Waals surface area contributed by atoms with E-state index in [4.69, 9.17) is 0 Å². The van der Waals surface area contributed by atoms with Crippen LogP contribution in [-0.2, 0) is 17.8 Å². The van der Waals surface area contributed by atoms with Crippen molar-refractivity contribution in [2.24, 2.45) is 0 Å². The molecule has 0 aliphatic heterocycles. The summed E-state index contributed by atoms with van der Waals surface area (Å²) in [7, 11) is 0. The van der Waals surface area contributed by atoms with Gasteiger partial charge in [-0.1, -0.05) is 73.7 Å². The Morgan fingerprint density at radius 1 is 0.846 bits per heavy atom. The minimum absolute atomic E-state index is 0.119. The smallest absolute Gasteiger partial charge is 0.220 e. The van der Waals surface area contributed by atoms with E-state index in [1.807, 2.05) is 13.0 Å². The van der Waals surface area contributed by atoms with Gasteiger partial charge in [-0.2, -0.15) is 0 Å². The van der Waals surface area contributed by atoms with E-state index in [0.717, 1.165) is 12.8 Å². The zero-order valence-corrected chi connectivity index (χ0v) is 15.1. The Bertz CT molecular complexity index is 958. The second kappa shape index (κ2) is 7.17. The molecule has 0 unspecified atom stereocenters. The summed E-state index contributed by atoms with van der Waals surface area (Å²) in [6.45, 7) is 2.60. The van der Waals surface area contributed by atoms with Gasteiger partial charge in [0.25, 0.3) is 0 Å². The molecule has 0 fully saturated rings. The fourth-order valence-electron chi connectivity index (χ4n) is 3.86. The van der Waals surface area contributed by atoms with Crippen molar-refractivity contribution in [1.82, 2.24) is 5.32 Å². The topological polar surface area (TPSA) is 29.1 Å². The molecule has 0 saturated heterocycles. The van der Waals surface area contributed by atoms with Crippen molar-refractivity contribution in [3.63, 3.8) is 0 Å². The molecule has 1 amide bonds. The SMILES string of the molecule is CCCC(=O)NCc1ccccc1-c1cccc2c1Cc1ccccc1-2. The molecule has 26 heavy (non-hydrogen) atoms. The van der Waals surface area contributed by atoms with Crippen LogP contribution in [0.4, 0.5) is 0 Å². The van der Waals surface area contributed by atoms with Crippen molar-refractivity contribution in [3.05, 3.63) is 83.4 Å². The number of amides is 1. The van der Waals surface area contributed by atoms with Crippen molar-refractivity contribution in [2.75, 3.05) is 0 Å². The van der Waals surface area contributed by atoms with Crippen LogP contribution in [0.15, 0.2) is 66.7 Å². The van der Waals surface area contributed by atoms with E-state index in [9.17, 15) is 4.79 Å². The van der Waals surface area contributed by atoms with Crippen molar-refractivity contribution < 1.29 is 4.79 Å². The molecular weight excluding hydrogens is 318 g/mol. The van der Waals surface area contributed by atoms with E-state index in [2.05, 4.69) is 66.0 Å². The largest absolute Gasteiger partial charge is 0.352 e. The first-order chi connectivity index (χ1) is 12.8. The Morgan fingerprint density at radius 2 is 1.50 bits per heavy atom. The first kappa shape index (κ1) is 16.6. The maximum Gasteiger partial charge on any atom is 0.220 e. The lowest BCUT2D eigenvalue weighted by Gasteiger charge is -2.14. The van der Waals surface area contributed by atoms with Gasteiger partial charge in [0.1, 0.15) is 0 Å². The lowest BCUT2D eigenvalue weighted by molar-refractivity contribution is -0.121. The van der Waals surface area contributed by atoms with Crippen LogP contribution >= 0.6 is 0 Å². The van der Waals surface area contributed by atoms with Crippen LogP contribution < -0.4 is 5.32 Å². The van der Waals surface area contributed by atoms with Crippen molar-refractivity contribution in [1.29, 1.82) is 0 Å². The van der Waals surface area contributed by atoms with Crippen LogP contribution in [0, 0.1) is 0 Å². The predicted molar refractivity (Wildman–Crippen MR) is 107 cm³/mol. The first-order valence-electron chi connectivity index (χ1n) is 9.33. The zero-order chi connectivity index (χ0) is 17.9. The molecule has 130 valence electrons. The van der Waals surface area contributed by atoms with Gasteiger partial charge in [-0.05, 0) is 51.8 Å². The van der Waals surface area contributed by atoms with Crippen molar-refractivity contribution in [2.45, 2.75) is 32.7 Å². The highest BCUT2D eigenvalue weighted by molar-refractivity contribution is 5.85. The summed E-state index contributed by atoms with van der Waals surface area (Å²) >= 11 is 0. The monoisotopic (exact) mass is 341 g/mol. The highest BCUT2D eigenvalue weighted by atomic mass is 16.1. The van der Waals surface area contributed by atoms with E-state index >= 15 is 0 Å². The lowest BCUT2D eigenvalue weighted by atomic mass is 9.92. The average molecular weight is 341 g/mol. The summed E-state index contributed by atoms with van der Waals surface area (Å²) in [5, 5.41) is 3.06. The predicted octanol–water partition coefficient (Wildman–Crippen LogP) is 5.34. The Hall–Kier alpha value is -2.87. The fraction of sp³-hybridized carbons (Fsp3) is 0.208. The highest BCUT2D eigenvalue weighted by Gasteiger charge is 2.21. The first-order valence-corrected chi connectivity index (χ1v) is 9.33. The molecular formula is C24H23NO.